The van der Waals surface area contributed by atoms with Crippen molar-refractivity contribution < 1.29 is 4.79 Å². The third-order valence-electron chi connectivity index (χ3n) is 2.92. The molecule has 0 aromatic carbocycles. The van der Waals surface area contributed by atoms with Gasteiger partial charge < -0.3 is 10.6 Å². The first-order valence-corrected chi connectivity index (χ1v) is 6.09. The van der Waals surface area contributed by atoms with Crippen molar-refractivity contribution >= 4 is 23.3 Å². The Bertz CT molecular complexity index is 437. The molecule has 0 saturated carbocycles. The summed E-state index contributed by atoms with van der Waals surface area (Å²) in [6.45, 7) is 2.75. The number of rotatable bonds is 3. The van der Waals surface area contributed by atoms with Crippen LogP contribution in [0.25, 0.3) is 0 Å². The van der Waals surface area contributed by atoms with E-state index in [4.69, 9.17) is 17.3 Å². The molecule has 2 heterocycles. The van der Waals surface area contributed by atoms with Gasteiger partial charge in [0.05, 0.1) is 0 Å². The number of halogens is 1. The molecule has 1 aliphatic rings. The SMILES string of the molecule is CCc1nc(Cl)cc(N2CCCC2C(N)=O)n1. The molecule has 1 aromatic heterocycles. The second-order valence-corrected chi connectivity index (χ2v) is 4.46. The van der Waals surface area contributed by atoms with Gasteiger partial charge in [-0.3, -0.25) is 4.79 Å². The molecule has 1 unspecified atom stereocenters. The third-order valence-corrected chi connectivity index (χ3v) is 3.11. The normalized spacial score (nSPS) is 19.6. The monoisotopic (exact) mass is 254 g/mol. The van der Waals surface area contributed by atoms with Crippen molar-refractivity contribution in [2.45, 2.75) is 32.2 Å². The minimum Gasteiger partial charge on any atom is -0.368 e. The van der Waals surface area contributed by atoms with Gasteiger partial charge in [-0.25, -0.2) is 9.97 Å². The average molecular weight is 255 g/mol. The van der Waals surface area contributed by atoms with Crippen LogP contribution in [0.2, 0.25) is 5.15 Å². The van der Waals surface area contributed by atoms with Crippen LogP contribution in [-0.4, -0.2) is 28.5 Å². The maximum Gasteiger partial charge on any atom is 0.240 e. The lowest BCUT2D eigenvalue weighted by Gasteiger charge is -2.23. The van der Waals surface area contributed by atoms with Gasteiger partial charge in [-0.05, 0) is 12.8 Å². The largest absolute Gasteiger partial charge is 0.368 e. The summed E-state index contributed by atoms with van der Waals surface area (Å²) >= 11 is 5.94. The molecule has 2 N–H and O–H groups in total. The Morgan fingerprint density at radius 2 is 2.41 bits per heavy atom. The number of hydrogen-bond donors (Lipinski definition) is 1. The van der Waals surface area contributed by atoms with Crippen molar-refractivity contribution in [3.63, 3.8) is 0 Å². The Hall–Kier alpha value is -1.36. The van der Waals surface area contributed by atoms with Gasteiger partial charge in [0.1, 0.15) is 22.8 Å². The van der Waals surface area contributed by atoms with E-state index in [0.717, 1.165) is 19.4 Å². The molecule has 5 nitrogen and oxygen atoms in total. The molecule has 0 radical (unpaired) electrons. The fraction of sp³-hybridized carbons (Fsp3) is 0.545. The Morgan fingerprint density at radius 3 is 3.06 bits per heavy atom. The lowest BCUT2D eigenvalue weighted by molar-refractivity contribution is -0.119. The summed E-state index contributed by atoms with van der Waals surface area (Å²) in [7, 11) is 0. The molecule has 1 atom stereocenters. The molecular formula is C11H15ClN4O. The van der Waals surface area contributed by atoms with E-state index in [1.807, 2.05) is 11.8 Å². The number of carbonyl (C=O) groups is 1. The second kappa shape index (κ2) is 4.87. The van der Waals surface area contributed by atoms with Crippen molar-refractivity contribution in [3.8, 4) is 0 Å². The van der Waals surface area contributed by atoms with Crippen molar-refractivity contribution in [1.29, 1.82) is 0 Å². The first-order chi connectivity index (χ1) is 8.11. The molecule has 1 fully saturated rings. The number of aryl methyl sites for hydroxylation is 1. The first kappa shape index (κ1) is 12.1. The molecule has 92 valence electrons. The Balaban J connectivity index is 2.32. The number of hydrogen-bond acceptors (Lipinski definition) is 4. The van der Waals surface area contributed by atoms with E-state index in [9.17, 15) is 4.79 Å². The minimum absolute atomic E-state index is 0.273. The van der Waals surface area contributed by atoms with Crippen LogP contribution < -0.4 is 10.6 Å². The highest BCUT2D eigenvalue weighted by Crippen LogP contribution is 2.25. The van der Waals surface area contributed by atoms with E-state index in [1.54, 1.807) is 6.07 Å². The van der Waals surface area contributed by atoms with Crippen molar-refractivity contribution in [2.24, 2.45) is 5.73 Å². The Kier molecular flexibility index (Phi) is 3.47. The van der Waals surface area contributed by atoms with Crippen LogP contribution in [-0.2, 0) is 11.2 Å². The van der Waals surface area contributed by atoms with Crippen LogP contribution in [0.1, 0.15) is 25.6 Å². The van der Waals surface area contributed by atoms with Crippen LogP contribution in [0.15, 0.2) is 6.07 Å². The number of nitrogens with zero attached hydrogens (tertiary/aromatic N) is 3. The quantitative estimate of drug-likeness (QED) is 0.822. The molecule has 1 aliphatic heterocycles. The van der Waals surface area contributed by atoms with E-state index in [2.05, 4.69) is 9.97 Å². The summed E-state index contributed by atoms with van der Waals surface area (Å²) < 4.78 is 0. The number of aromatic nitrogens is 2. The molecular weight excluding hydrogens is 240 g/mol. The van der Waals surface area contributed by atoms with Gasteiger partial charge in [-0.2, -0.15) is 0 Å². The maximum absolute atomic E-state index is 11.3. The number of primary amides is 1. The smallest absolute Gasteiger partial charge is 0.240 e. The Morgan fingerprint density at radius 1 is 1.65 bits per heavy atom. The topological polar surface area (TPSA) is 72.1 Å². The average Bonchev–Trinajstić information content (AvgIpc) is 2.77. The van der Waals surface area contributed by atoms with Crippen molar-refractivity contribution in [1.82, 2.24) is 9.97 Å². The zero-order chi connectivity index (χ0) is 12.4. The van der Waals surface area contributed by atoms with Crippen LogP contribution >= 0.6 is 11.6 Å². The van der Waals surface area contributed by atoms with Gasteiger partial charge in [0, 0.05) is 19.0 Å². The number of carbonyl (C=O) groups excluding carboxylic acids is 1. The minimum atomic E-state index is -0.310. The zero-order valence-electron chi connectivity index (χ0n) is 9.69. The highest BCUT2D eigenvalue weighted by atomic mass is 35.5. The van der Waals surface area contributed by atoms with Crippen LogP contribution in [0.5, 0.6) is 0 Å². The summed E-state index contributed by atoms with van der Waals surface area (Å²) in [6, 6.07) is 1.41. The fourth-order valence-corrected chi connectivity index (χ4v) is 2.29. The van der Waals surface area contributed by atoms with E-state index in [0.29, 0.717) is 23.2 Å². The van der Waals surface area contributed by atoms with Crippen LogP contribution in [0.3, 0.4) is 0 Å². The summed E-state index contributed by atoms with van der Waals surface area (Å²) in [5, 5.41) is 0.405. The lowest BCUT2D eigenvalue weighted by atomic mass is 10.2. The van der Waals surface area contributed by atoms with Gasteiger partial charge >= 0.3 is 0 Å². The van der Waals surface area contributed by atoms with E-state index in [-0.39, 0.29) is 11.9 Å². The molecule has 2 rings (SSSR count). The predicted molar refractivity (Wildman–Crippen MR) is 66.0 cm³/mol. The number of nitrogens with two attached hydrogens (primary N) is 1. The molecule has 1 aromatic rings. The predicted octanol–water partition coefficient (Wildman–Crippen LogP) is 1.15. The van der Waals surface area contributed by atoms with Crippen LogP contribution in [0.4, 0.5) is 5.82 Å². The zero-order valence-corrected chi connectivity index (χ0v) is 10.4. The summed E-state index contributed by atoms with van der Waals surface area (Å²) in [4.78, 5) is 21.7. The van der Waals surface area contributed by atoms with Gasteiger partial charge in [0.25, 0.3) is 0 Å². The standard InChI is InChI=1S/C11H15ClN4O/c1-2-9-14-8(12)6-10(15-9)16-5-3-4-7(16)11(13)17/h6-7H,2-5H2,1H3,(H2,13,17). The number of anilines is 1. The molecule has 1 amide bonds. The highest BCUT2D eigenvalue weighted by molar-refractivity contribution is 6.29. The fourth-order valence-electron chi connectivity index (χ4n) is 2.09. The third kappa shape index (κ3) is 2.49. The van der Waals surface area contributed by atoms with Crippen LogP contribution in [0, 0.1) is 0 Å². The summed E-state index contributed by atoms with van der Waals surface area (Å²) in [5.41, 5.74) is 5.38. The molecule has 0 bridgehead atoms. The van der Waals surface area contributed by atoms with Crippen molar-refractivity contribution in [2.75, 3.05) is 11.4 Å². The highest BCUT2D eigenvalue weighted by Gasteiger charge is 2.30. The lowest BCUT2D eigenvalue weighted by Crippen LogP contribution is -2.40. The molecule has 1 saturated heterocycles. The van der Waals surface area contributed by atoms with Crippen molar-refractivity contribution in [3.05, 3.63) is 17.0 Å². The molecule has 6 heteroatoms. The van der Waals surface area contributed by atoms with E-state index < -0.39 is 0 Å². The maximum atomic E-state index is 11.3. The van der Waals surface area contributed by atoms with Gasteiger partial charge in [-0.1, -0.05) is 18.5 Å². The second-order valence-electron chi connectivity index (χ2n) is 4.07. The van der Waals surface area contributed by atoms with Gasteiger partial charge in [0.15, 0.2) is 0 Å². The summed E-state index contributed by atoms with van der Waals surface area (Å²) in [5.74, 6) is 1.07. The summed E-state index contributed by atoms with van der Waals surface area (Å²) in [6.07, 6.45) is 2.43. The number of amides is 1. The van der Waals surface area contributed by atoms with Gasteiger partial charge in [-0.15, -0.1) is 0 Å². The molecule has 0 spiro atoms. The van der Waals surface area contributed by atoms with E-state index >= 15 is 0 Å². The Labute approximate surface area is 105 Å². The molecule has 0 aliphatic carbocycles. The van der Waals surface area contributed by atoms with Gasteiger partial charge in [0.2, 0.25) is 5.91 Å². The molecule has 17 heavy (non-hydrogen) atoms. The van der Waals surface area contributed by atoms with E-state index in [1.165, 1.54) is 0 Å². The first-order valence-electron chi connectivity index (χ1n) is 5.71.